The van der Waals surface area contributed by atoms with Crippen molar-refractivity contribution in [1.82, 2.24) is 10.2 Å². The molecule has 1 aromatic rings. The van der Waals surface area contributed by atoms with Crippen molar-refractivity contribution in [3.63, 3.8) is 0 Å². The minimum atomic E-state index is -0.289. The van der Waals surface area contributed by atoms with Crippen LogP contribution in [0.5, 0.6) is 5.75 Å². The molecule has 156 valence electrons. The number of ether oxygens (including phenoxy) is 3. The molecule has 2 rings (SSSR count). The van der Waals surface area contributed by atoms with E-state index in [9.17, 15) is 9.59 Å². The van der Waals surface area contributed by atoms with Gasteiger partial charge in [-0.05, 0) is 31.0 Å². The fourth-order valence-electron chi connectivity index (χ4n) is 3.07. The molecule has 2 amide bonds. The molecule has 0 saturated carbocycles. The molecule has 0 saturated heterocycles. The van der Waals surface area contributed by atoms with E-state index < -0.39 is 0 Å². The van der Waals surface area contributed by atoms with Crippen molar-refractivity contribution in [3.8, 4) is 5.75 Å². The third-order valence-electron chi connectivity index (χ3n) is 4.78. The van der Waals surface area contributed by atoms with Gasteiger partial charge in [0.25, 0.3) is 5.91 Å². The Balaban J connectivity index is 2.33. The van der Waals surface area contributed by atoms with Gasteiger partial charge in [0.2, 0.25) is 5.91 Å². The quantitative estimate of drug-likeness (QED) is 0.803. The minimum absolute atomic E-state index is 0.0575. The van der Waals surface area contributed by atoms with Gasteiger partial charge >= 0.3 is 0 Å². The number of likely N-dealkylation sites (N-methyl/N-ethyl adjacent to an activating group) is 1. The Morgan fingerprint density at radius 2 is 2.11 bits per heavy atom. The van der Waals surface area contributed by atoms with Gasteiger partial charge in [0, 0.05) is 46.1 Å². The summed E-state index contributed by atoms with van der Waals surface area (Å²) in [4.78, 5) is 26.5. The van der Waals surface area contributed by atoms with Gasteiger partial charge in [-0.3, -0.25) is 9.59 Å². The molecule has 0 aromatic heterocycles. The normalized spacial score (nSPS) is 23.8. The van der Waals surface area contributed by atoms with E-state index >= 15 is 0 Å². The maximum absolute atomic E-state index is 13.1. The highest BCUT2D eigenvalue weighted by atomic mass is 16.5. The van der Waals surface area contributed by atoms with Gasteiger partial charge in [-0.1, -0.05) is 6.92 Å². The molecule has 3 atom stereocenters. The molecule has 28 heavy (non-hydrogen) atoms. The van der Waals surface area contributed by atoms with Crippen LogP contribution >= 0.6 is 0 Å². The summed E-state index contributed by atoms with van der Waals surface area (Å²) in [6.07, 6.45) is -0.0953. The zero-order chi connectivity index (χ0) is 20.7. The highest BCUT2D eigenvalue weighted by Gasteiger charge is 2.25. The SMILES string of the molecule is COCC(=O)Nc1ccc2c(c1)C(=O)N(C)C[C@H](OC)[C@@H](C)CN[C@H](C)CO2. The lowest BCUT2D eigenvalue weighted by molar-refractivity contribution is -0.119. The fraction of sp³-hybridized carbons (Fsp3) is 0.600. The Hall–Kier alpha value is -2.16. The molecule has 0 aliphatic carbocycles. The molecular weight excluding hydrogens is 362 g/mol. The van der Waals surface area contributed by atoms with Crippen LogP contribution in [-0.2, 0) is 14.3 Å². The first-order valence-electron chi connectivity index (χ1n) is 9.43. The largest absolute Gasteiger partial charge is 0.491 e. The van der Waals surface area contributed by atoms with E-state index in [1.165, 1.54) is 7.11 Å². The van der Waals surface area contributed by atoms with Crippen LogP contribution in [0.3, 0.4) is 0 Å². The number of nitrogens with zero attached hydrogens (tertiary/aromatic N) is 1. The lowest BCUT2D eigenvalue weighted by atomic mass is 10.0. The molecule has 0 radical (unpaired) electrons. The maximum Gasteiger partial charge on any atom is 0.257 e. The van der Waals surface area contributed by atoms with E-state index in [1.54, 1.807) is 37.3 Å². The number of hydrogen-bond acceptors (Lipinski definition) is 6. The standard InChI is InChI=1S/C20H31N3O5/c1-13-9-21-14(2)11-28-17-7-6-15(22-19(24)12-26-4)8-16(17)20(25)23(3)10-18(13)27-5/h6-8,13-14,18,21H,9-12H2,1-5H3,(H,22,24)/t13-,14+,18-/m0/s1. The van der Waals surface area contributed by atoms with Crippen molar-refractivity contribution in [3.05, 3.63) is 23.8 Å². The number of hydrogen-bond donors (Lipinski definition) is 2. The number of carbonyl (C=O) groups excluding carboxylic acids is 2. The molecule has 0 fully saturated rings. The summed E-state index contributed by atoms with van der Waals surface area (Å²) in [6.45, 7) is 5.71. The van der Waals surface area contributed by atoms with Crippen LogP contribution in [0.15, 0.2) is 18.2 Å². The summed E-state index contributed by atoms with van der Waals surface area (Å²) in [7, 11) is 4.85. The minimum Gasteiger partial charge on any atom is -0.491 e. The molecule has 2 N–H and O–H groups in total. The van der Waals surface area contributed by atoms with Crippen molar-refractivity contribution < 1.29 is 23.8 Å². The molecule has 0 spiro atoms. The first-order chi connectivity index (χ1) is 13.3. The molecule has 8 heteroatoms. The molecule has 1 aromatic carbocycles. The second kappa shape index (κ2) is 10.4. The number of amides is 2. The van der Waals surface area contributed by atoms with Crippen LogP contribution in [0.2, 0.25) is 0 Å². The Bertz CT molecular complexity index is 682. The van der Waals surface area contributed by atoms with Crippen LogP contribution in [0.25, 0.3) is 0 Å². The number of anilines is 1. The Labute approximate surface area is 166 Å². The summed E-state index contributed by atoms with van der Waals surface area (Å²) in [5, 5.41) is 6.17. The van der Waals surface area contributed by atoms with Crippen molar-refractivity contribution in [1.29, 1.82) is 0 Å². The Morgan fingerprint density at radius 3 is 2.79 bits per heavy atom. The molecule has 1 heterocycles. The maximum atomic E-state index is 13.1. The third-order valence-corrected chi connectivity index (χ3v) is 4.78. The van der Waals surface area contributed by atoms with Crippen molar-refractivity contribution >= 4 is 17.5 Å². The van der Waals surface area contributed by atoms with Crippen molar-refractivity contribution in [2.24, 2.45) is 5.92 Å². The average Bonchev–Trinajstić information content (AvgIpc) is 2.67. The van der Waals surface area contributed by atoms with Gasteiger partial charge in [0.05, 0.1) is 11.7 Å². The van der Waals surface area contributed by atoms with Gasteiger partial charge in [-0.25, -0.2) is 0 Å². The number of methoxy groups -OCH3 is 2. The fourth-order valence-corrected chi connectivity index (χ4v) is 3.07. The zero-order valence-electron chi connectivity index (χ0n) is 17.3. The molecular formula is C20H31N3O5. The van der Waals surface area contributed by atoms with E-state index in [0.29, 0.717) is 30.2 Å². The van der Waals surface area contributed by atoms with E-state index in [2.05, 4.69) is 17.6 Å². The van der Waals surface area contributed by atoms with E-state index in [1.807, 2.05) is 6.92 Å². The number of carbonyl (C=O) groups is 2. The van der Waals surface area contributed by atoms with Crippen LogP contribution < -0.4 is 15.4 Å². The number of nitrogens with one attached hydrogen (secondary N) is 2. The van der Waals surface area contributed by atoms with Crippen LogP contribution in [0.4, 0.5) is 5.69 Å². The van der Waals surface area contributed by atoms with E-state index in [4.69, 9.17) is 14.2 Å². The first kappa shape index (κ1) is 22.1. The first-order valence-corrected chi connectivity index (χ1v) is 9.43. The summed E-state index contributed by atoms with van der Waals surface area (Å²) in [5.74, 6) is 0.232. The molecule has 0 bridgehead atoms. The highest BCUT2D eigenvalue weighted by Crippen LogP contribution is 2.25. The molecule has 0 unspecified atom stereocenters. The van der Waals surface area contributed by atoms with Gasteiger partial charge < -0.3 is 29.7 Å². The zero-order valence-corrected chi connectivity index (χ0v) is 17.3. The predicted octanol–water partition coefficient (Wildman–Crippen LogP) is 1.37. The monoisotopic (exact) mass is 393 g/mol. The predicted molar refractivity (Wildman–Crippen MR) is 107 cm³/mol. The summed E-state index contributed by atoms with van der Waals surface area (Å²) in [6, 6.07) is 5.17. The lowest BCUT2D eigenvalue weighted by Gasteiger charge is -2.30. The average molecular weight is 393 g/mol. The summed E-state index contributed by atoms with van der Waals surface area (Å²) < 4.78 is 16.4. The molecule has 1 aliphatic rings. The molecule has 1 aliphatic heterocycles. The van der Waals surface area contributed by atoms with Gasteiger partial charge in [0.15, 0.2) is 0 Å². The Kier molecular flexibility index (Phi) is 8.22. The number of benzene rings is 1. The highest BCUT2D eigenvalue weighted by molar-refractivity contribution is 5.99. The molecule has 8 nitrogen and oxygen atoms in total. The van der Waals surface area contributed by atoms with E-state index in [-0.39, 0.29) is 36.5 Å². The van der Waals surface area contributed by atoms with Gasteiger partial charge in [0.1, 0.15) is 19.0 Å². The van der Waals surface area contributed by atoms with Crippen molar-refractivity contribution in [2.75, 3.05) is 52.9 Å². The Morgan fingerprint density at radius 1 is 1.36 bits per heavy atom. The van der Waals surface area contributed by atoms with Crippen LogP contribution in [-0.4, -0.2) is 76.4 Å². The lowest BCUT2D eigenvalue weighted by Crippen LogP contribution is -2.44. The van der Waals surface area contributed by atoms with Gasteiger partial charge in [-0.15, -0.1) is 0 Å². The van der Waals surface area contributed by atoms with Crippen LogP contribution in [0, 0.1) is 5.92 Å². The van der Waals surface area contributed by atoms with Gasteiger partial charge in [-0.2, -0.15) is 0 Å². The van der Waals surface area contributed by atoms with Crippen LogP contribution in [0.1, 0.15) is 24.2 Å². The summed E-state index contributed by atoms with van der Waals surface area (Å²) in [5.41, 5.74) is 0.911. The van der Waals surface area contributed by atoms with Crippen molar-refractivity contribution in [2.45, 2.75) is 26.0 Å². The number of rotatable bonds is 4. The second-order valence-corrected chi connectivity index (χ2v) is 7.25. The smallest absolute Gasteiger partial charge is 0.257 e. The second-order valence-electron chi connectivity index (χ2n) is 7.25. The third kappa shape index (κ3) is 5.92. The number of fused-ring (bicyclic) bond motifs is 1. The summed E-state index contributed by atoms with van der Waals surface area (Å²) >= 11 is 0. The topological polar surface area (TPSA) is 89.1 Å². The van der Waals surface area contributed by atoms with E-state index in [0.717, 1.165) is 6.54 Å².